The van der Waals surface area contributed by atoms with E-state index in [9.17, 15) is 14.3 Å². The number of rotatable bonds is 4. The molecule has 2 aromatic rings. The predicted octanol–water partition coefficient (Wildman–Crippen LogP) is 2.51. The molecule has 0 atom stereocenters. The number of carbonyl (C=O) groups is 1. The lowest BCUT2D eigenvalue weighted by Gasteiger charge is -2.38. The average Bonchev–Trinajstić information content (AvgIpc) is 2.95. The maximum absolute atomic E-state index is 13.9. The highest BCUT2D eigenvalue weighted by molar-refractivity contribution is 7.13. The number of thiazole rings is 1. The van der Waals surface area contributed by atoms with E-state index in [0.717, 1.165) is 5.69 Å². The number of amides is 1. The number of aromatic nitrogens is 1. The lowest BCUT2D eigenvalue weighted by Crippen LogP contribution is -2.45. The summed E-state index contributed by atoms with van der Waals surface area (Å²) in [5.74, 6) is -0.508. The SMILES string of the molecule is Cc1csc(NC(=O)CN2CCC(O)(c3ccccc3F)CC2)n1. The van der Waals surface area contributed by atoms with Crippen molar-refractivity contribution >= 4 is 22.4 Å². The molecule has 1 fully saturated rings. The summed E-state index contributed by atoms with van der Waals surface area (Å²) in [5, 5.41) is 16.0. The van der Waals surface area contributed by atoms with Crippen LogP contribution in [0.15, 0.2) is 29.6 Å². The second kappa shape index (κ2) is 6.96. The summed E-state index contributed by atoms with van der Waals surface area (Å²) < 4.78 is 13.9. The molecular formula is C17H20FN3O2S. The number of likely N-dealkylation sites (tertiary alicyclic amines) is 1. The Labute approximate surface area is 144 Å². The van der Waals surface area contributed by atoms with E-state index in [-0.39, 0.29) is 18.3 Å². The Bertz CT molecular complexity index is 726. The van der Waals surface area contributed by atoms with E-state index >= 15 is 0 Å². The first-order valence-electron chi connectivity index (χ1n) is 7.88. The van der Waals surface area contributed by atoms with Gasteiger partial charge in [0.15, 0.2) is 5.13 Å². The number of anilines is 1. The third-order valence-electron chi connectivity index (χ3n) is 4.29. The van der Waals surface area contributed by atoms with E-state index in [1.165, 1.54) is 17.4 Å². The first-order valence-corrected chi connectivity index (χ1v) is 8.76. The van der Waals surface area contributed by atoms with Crippen LogP contribution in [-0.2, 0) is 10.4 Å². The van der Waals surface area contributed by atoms with Crippen LogP contribution in [0.4, 0.5) is 9.52 Å². The van der Waals surface area contributed by atoms with Crippen LogP contribution in [0.5, 0.6) is 0 Å². The van der Waals surface area contributed by atoms with E-state index in [0.29, 0.717) is 36.6 Å². The fourth-order valence-corrected chi connectivity index (χ4v) is 3.67. The molecule has 0 spiro atoms. The van der Waals surface area contributed by atoms with Crippen molar-refractivity contribution in [2.75, 3.05) is 25.0 Å². The Morgan fingerprint density at radius 1 is 1.42 bits per heavy atom. The van der Waals surface area contributed by atoms with E-state index in [1.807, 2.05) is 17.2 Å². The summed E-state index contributed by atoms with van der Waals surface area (Å²) in [5.41, 5.74) is 0.0562. The first-order chi connectivity index (χ1) is 11.5. The molecule has 2 heterocycles. The number of hydrogen-bond acceptors (Lipinski definition) is 5. The highest BCUT2D eigenvalue weighted by Crippen LogP contribution is 2.34. The highest BCUT2D eigenvalue weighted by atomic mass is 32.1. The molecule has 3 rings (SSSR count). The van der Waals surface area contributed by atoms with Crippen molar-refractivity contribution in [3.8, 4) is 0 Å². The van der Waals surface area contributed by atoms with Crippen molar-refractivity contribution < 1.29 is 14.3 Å². The van der Waals surface area contributed by atoms with Gasteiger partial charge >= 0.3 is 0 Å². The molecule has 24 heavy (non-hydrogen) atoms. The fraction of sp³-hybridized carbons (Fsp3) is 0.412. The van der Waals surface area contributed by atoms with E-state index in [1.54, 1.807) is 18.2 Å². The molecule has 2 N–H and O–H groups in total. The zero-order chi connectivity index (χ0) is 17.2. The third-order valence-corrected chi connectivity index (χ3v) is 5.17. The van der Waals surface area contributed by atoms with Crippen LogP contribution in [0.25, 0.3) is 0 Å². The lowest BCUT2D eigenvalue weighted by molar-refractivity contribution is -0.118. The van der Waals surface area contributed by atoms with E-state index in [2.05, 4.69) is 10.3 Å². The monoisotopic (exact) mass is 349 g/mol. The van der Waals surface area contributed by atoms with Gasteiger partial charge in [0, 0.05) is 24.0 Å². The van der Waals surface area contributed by atoms with Crippen LogP contribution in [-0.4, -0.2) is 40.5 Å². The minimum atomic E-state index is -1.16. The second-order valence-corrected chi connectivity index (χ2v) is 6.99. The van der Waals surface area contributed by atoms with Gasteiger partial charge in [-0.1, -0.05) is 18.2 Å². The maximum Gasteiger partial charge on any atom is 0.240 e. The number of benzene rings is 1. The van der Waals surface area contributed by atoms with Gasteiger partial charge in [0.05, 0.1) is 17.8 Å². The molecule has 0 radical (unpaired) electrons. The Morgan fingerprint density at radius 3 is 2.75 bits per heavy atom. The van der Waals surface area contributed by atoms with E-state index in [4.69, 9.17) is 0 Å². The standard InChI is InChI=1S/C17H20FN3O2S/c1-12-11-24-16(19-12)20-15(22)10-21-8-6-17(23,7-9-21)13-4-2-3-5-14(13)18/h2-5,11,23H,6-10H2,1H3,(H,19,20,22). The number of aryl methyl sites for hydroxylation is 1. The van der Waals surface area contributed by atoms with Gasteiger partial charge in [-0.05, 0) is 25.8 Å². The number of carbonyl (C=O) groups excluding carboxylic acids is 1. The summed E-state index contributed by atoms with van der Waals surface area (Å²) >= 11 is 1.40. The molecule has 1 amide bonds. The van der Waals surface area contributed by atoms with Gasteiger partial charge in [0.25, 0.3) is 0 Å². The van der Waals surface area contributed by atoms with Crippen molar-refractivity contribution in [2.24, 2.45) is 0 Å². The molecule has 1 aromatic carbocycles. The van der Waals surface area contributed by atoms with Crippen LogP contribution in [0.2, 0.25) is 0 Å². The van der Waals surface area contributed by atoms with Crippen molar-refractivity contribution in [3.63, 3.8) is 0 Å². The molecule has 0 saturated carbocycles. The number of hydrogen-bond donors (Lipinski definition) is 2. The van der Waals surface area contributed by atoms with Crippen LogP contribution in [0.1, 0.15) is 24.1 Å². The third kappa shape index (κ3) is 3.80. The molecule has 128 valence electrons. The molecule has 0 unspecified atom stereocenters. The molecule has 1 aromatic heterocycles. The topological polar surface area (TPSA) is 65.5 Å². The molecular weight excluding hydrogens is 329 g/mol. The van der Waals surface area contributed by atoms with Gasteiger partial charge in [-0.3, -0.25) is 9.69 Å². The summed E-state index contributed by atoms with van der Waals surface area (Å²) in [6, 6.07) is 6.33. The zero-order valence-electron chi connectivity index (χ0n) is 13.5. The van der Waals surface area contributed by atoms with E-state index < -0.39 is 5.60 Å². The number of nitrogens with one attached hydrogen (secondary N) is 1. The maximum atomic E-state index is 13.9. The number of aliphatic hydroxyl groups is 1. The lowest BCUT2D eigenvalue weighted by atomic mass is 9.84. The smallest absolute Gasteiger partial charge is 0.240 e. The van der Waals surface area contributed by atoms with Gasteiger partial charge in [-0.2, -0.15) is 0 Å². The zero-order valence-corrected chi connectivity index (χ0v) is 14.3. The van der Waals surface area contributed by atoms with Crippen LogP contribution >= 0.6 is 11.3 Å². The predicted molar refractivity (Wildman–Crippen MR) is 91.5 cm³/mol. The van der Waals surface area contributed by atoms with Crippen molar-refractivity contribution in [1.82, 2.24) is 9.88 Å². The molecule has 1 saturated heterocycles. The Kier molecular flexibility index (Phi) is 4.93. The minimum Gasteiger partial charge on any atom is -0.385 e. The molecule has 5 nitrogen and oxygen atoms in total. The summed E-state index contributed by atoms with van der Waals surface area (Å²) in [4.78, 5) is 18.2. The quantitative estimate of drug-likeness (QED) is 0.890. The van der Waals surface area contributed by atoms with Crippen molar-refractivity contribution in [3.05, 3.63) is 46.7 Å². The normalized spacial score (nSPS) is 17.6. The first kappa shape index (κ1) is 17.0. The fourth-order valence-electron chi connectivity index (χ4n) is 2.96. The molecule has 0 bridgehead atoms. The highest BCUT2D eigenvalue weighted by Gasteiger charge is 2.36. The Hall–Kier alpha value is -1.83. The van der Waals surface area contributed by atoms with Gasteiger partial charge in [0.2, 0.25) is 5.91 Å². The van der Waals surface area contributed by atoms with Gasteiger partial charge in [-0.25, -0.2) is 9.37 Å². The van der Waals surface area contributed by atoms with Gasteiger partial charge in [-0.15, -0.1) is 11.3 Å². The van der Waals surface area contributed by atoms with Crippen LogP contribution in [0, 0.1) is 12.7 Å². The van der Waals surface area contributed by atoms with Crippen molar-refractivity contribution in [2.45, 2.75) is 25.4 Å². The van der Waals surface area contributed by atoms with Crippen molar-refractivity contribution in [1.29, 1.82) is 0 Å². The number of piperidine rings is 1. The molecule has 0 aliphatic carbocycles. The van der Waals surface area contributed by atoms with Crippen LogP contribution in [0.3, 0.4) is 0 Å². The minimum absolute atomic E-state index is 0.124. The Balaban J connectivity index is 1.55. The van der Waals surface area contributed by atoms with Gasteiger partial charge < -0.3 is 10.4 Å². The molecule has 7 heteroatoms. The Morgan fingerprint density at radius 2 is 2.12 bits per heavy atom. The number of nitrogens with zero attached hydrogens (tertiary/aromatic N) is 2. The average molecular weight is 349 g/mol. The van der Waals surface area contributed by atoms with Crippen LogP contribution < -0.4 is 5.32 Å². The largest absolute Gasteiger partial charge is 0.385 e. The van der Waals surface area contributed by atoms with Gasteiger partial charge in [0.1, 0.15) is 5.82 Å². The summed E-state index contributed by atoms with van der Waals surface area (Å²) in [6.07, 6.45) is 0.801. The molecule has 1 aliphatic rings. The molecule has 1 aliphatic heterocycles. The number of halogens is 1. The second-order valence-electron chi connectivity index (χ2n) is 6.13. The summed E-state index contributed by atoms with van der Waals surface area (Å²) in [7, 11) is 0. The summed E-state index contributed by atoms with van der Waals surface area (Å²) in [6.45, 7) is 3.19.